The van der Waals surface area contributed by atoms with Gasteiger partial charge in [-0.2, -0.15) is 0 Å². The average molecular weight is 544 g/mol. The number of primary amides is 1. The minimum atomic E-state index is -0.813. The molecule has 5 N–H and O–H groups in total. The number of aromatic hydroxyl groups is 1. The van der Waals surface area contributed by atoms with Crippen LogP contribution >= 0.6 is 0 Å². The summed E-state index contributed by atoms with van der Waals surface area (Å²) in [6, 6.07) is 29.9. The lowest BCUT2D eigenvalue weighted by atomic mass is 9.92. The van der Waals surface area contributed by atoms with Crippen LogP contribution in [-0.4, -0.2) is 33.8 Å². The van der Waals surface area contributed by atoms with Gasteiger partial charge in [0.2, 0.25) is 11.8 Å². The van der Waals surface area contributed by atoms with Crippen LogP contribution in [0.1, 0.15) is 35.2 Å². The molecule has 2 atom stereocenters. The van der Waals surface area contributed by atoms with E-state index in [1.807, 2.05) is 85.1 Å². The first-order chi connectivity index (χ1) is 19.9. The summed E-state index contributed by atoms with van der Waals surface area (Å²) in [4.78, 5) is 35.5. The predicted molar refractivity (Wildman–Crippen MR) is 160 cm³/mol. The van der Waals surface area contributed by atoms with Crippen molar-refractivity contribution in [1.82, 2.24) is 10.3 Å². The third-order valence-corrected chi connectivity index (χ3v) is 7.30. The fourth-order valence-electron chi connectivity index (χ4n) is 5.63. The standard InChI is InChI=1S/C33H29N5O3/c1-20(39)36-33-32(25-11-5-6-13-28(25)40)38(24-14-15-26-22(18-24)16-17-35-26)27-12-7-10-23(19-29(34)41)30(27)31(37-33)21-8-3-2-4-9-21/h2-18,32-33,35,40H,19H2,1H3,(H2,34,41)(H,36,39). The number of anilines is 2. The largest absolute Gasteiger partial charge is 0.508 e. The van der Waals surface area contributed by atoms with Gasteiger partial charge in [-0.15, -0.1) is 0 Å². The summed E-state index contributed by atoms with van der Waals surface area (Å²) in [5, 5.41) is 15.2. The third kappa shape index (κ3) is 4.91. The van der Waals surface area contributed by atoms with Crippen LogP contribution in [0, 0.1) is 0 Å². The van der Waals surface area contributed by atoms with Gasteiger partial charge in [-0.25, -0.2) is 0 Å². The van der Waals surface area contributed by atoms with E-state index in [4.69, 9.17) is 10.7 Å². The summed E-state index contributed by atoms with van der Waals surface area (Å²) in [7, 11) is 0. The first kappa shape index (κ1) is 25.9. The highest BCUT2D eigenvalue weighted by molar-refractivity contribution is 6.18. The molecule has 0 fully saturated rings. The van der Waals surface area contributed by atoms with Gasteiger partial charge in [-0.1, -0.05) is 60.7 Å². The molecule has 41 heavy (non-hydrogen) atoms. The molecule has 6 rings (SSSR count). The van der Waals surface area contributed by atoms with Gasteiger partial charge in [-0.3, -0.25) is 14.6 Å². The maximum Gasteiger partial charge on any atom is 0.221 e. The number of fused-ring (bicyclic) bond motifs is 2. The predicted octanol–water partition coefficient (Wildman–Crippen LogP) is 5.09. The average Bonchev–Trinajstić information content (AvgIpc) is 3.37. The second-order valence-corrected chi connectivity index (χ2v) is 10.1. The number of aromatic nitrogens is 1. The summed E-state index contributed by atoms with van der Waals surface area (Å²) in [5.74, 6) is -0.657. The van der Waals surface area contributed by atoms with Crippen molar-refractivity contribution in [1.29, 1.82) is 0 Å². The van der Waals surface area contributed by atoms with E-state index in [0.717, 1.165) is 33.4 Å². The minimum Gasteiger partial charge on any atom is -0.508 e. The third-order valence-electron chi connectivity index (χ3n) is 7.30. The number of aromatic amines is 1. The Hall–Kier alpha value is -5.37. The van der Waals surface area contributed by atoms with E-state index in [0.29, 0.717) is 16.8 Å². The molecular weight excluding hydrogens is 514 g/mol. The number of rotatable bonds is 6. The van der Waals surface area contributed by atoms with Gasteiger partial charge in [0.25, 0.3) is 0 Å². The molecule has 8 nitrogen and oxygen atoms in total. The monoisotopic (exact) mass is 543 g/mol. The Balaban J connectivity index is 1.73. The maximum absolute atomic E-state index is 12.7. The van der Waals surface area contributed by atoms with Crippen LogP contribution in [-0.2, 0) is 16.0 Å². The Morgan fingerprint density at radius 2 is 1.76 bits per heavy atom. The molecule has 0 spiro atoms. The number of hydrogen-bond acceptors (Lipinski definition) is 5. The van der Waals surface area contributed by atoms with E-state index in [2.05, 4.69) is 21.3 Å². The number of benzene rings is 4. The van der Waals surface area contributed by atoms with Gasteiger partial charge >= 0.3 is 0 Å². The number of phenols is 1. The van der Waals surface area contributed by atoms with Gasteiger partial charge in [0.1, 0.15) is 18.0 Å². The molecule has 204 valence electrons. The summed E-state index contributed by atoms with van der Waals surface area (Å²) >= 11 is 0. The molecule has 2 amide bonds. The van der Waals surface area contributed by atoms with Crippen molar-refractivity contribution in [3.8, 4) is 5.75 Å². The molecule has 0 saturated heterocycles. The number of hydrogen-bond donors (Lipinski definition) is 4. The van der Waals surface area contributed by atoms with Crippen LogP contribution in [0.3, 0.4) is 0 Å². The quantitative estimate of drug-likeness (QED) is 0.238. The summed E-state index contributed by atoms with van der Waals surface area (Å²) in [5.41, 5.74) is 11.8. The number of amides is 2. The molecule has 5 aromatic rings. The zero-order chi connectivity index (χ0) is 28.5. The molecule has 1 aromatic heterocycles. The first-order valence-electron chi connectivity index (χ1n) is 13.4. The Morgan fingerprint density at radius 3 is 2.51 bits per heavy atom. The Bertz CT molecular complexity index is 1790. The maximum atomic E-state index is 12.7. The fraction of sp³-hybridized carbons (Fsp3) is 0.121. The Labute approximate surface area is 237 Å². The number of phenolic OH excluding ortho intramolecular Hbond substituents is 1. The van der Waals surface area contributed by atoms with Crippen molar-refractivity contribution in [3.05, 3.63) is 126 Å². The molecule has 2 heterocycles. The van der Waals surface area contributed by atoms with Crippen molar-refractivity contribution in [2.75, 3.05) is 4.90 Å². The number of benzodiazepines with no additional fused rings is 1. The number of carbonyl (C=O) groups is 2. The number of H-pyrrole nitrogens is 1. The van der Waals surface area contributed by atoms with Gasteiger partial charge in [-0.05, 0) is 42.0 Å². The van der Waals surface area contributed by atoms with Crippen LogP contribution in [0.2, 0.25) is 0 Å². The van der Waals surface area contributed by atoms with Crippen LogP contribution in [0.4, 0.5) is 11.4 Å². The van der Waals surface area contributed by atoms with E-state index in [1.54, 1.807) is 12.1 Å². The Kier molecular flexibility index (Phi) is 6.73. The molecule has 0 saturated carbocycles. The van der Waals surface area contributed by atoms with Crippen LogP contribution < -0.4 is 16.0 Å². The van der Waals surface area contributed by atoms with Gasteiger partial charge < -0.3 is 26.0 Å². The second-order valence-electron chi connectivity index (χ2n) is 10.1. The lowest BCUT2D eigenvalue weighted by molar-refractivity contribution is -0.120. The summed E-state index contributed by atoms with van der Waals surface area (Å²) < 4.78 is 0. The first-order valence-corrected chi connectivity index (χ1v) is 13.4. The lowest BCUT2D eigenvalue weighted by Crippen LogP contribution is -2.43. The van der Waals surface area contributed by atoms with E-state index < -0.39 is 18.1 Å². The summed E-state index contributed by atoms with van der Waals surface area (Å²) in [6.45, 7) is 1.45. The van der Waals surface area contributed by atoms with E-state index >= 15 is 0 Å². The number of carbonyl (C=O) groups excluding carboxylic acids is 2. The highest BCUT2D eigenvalue weighted by Gasteiger charge is 2.38. The normalized spacial score (nSPS) is 16.5. The smallest absolute Gasteiger partial charge is 0.221 e. The molecule has 8 heteroatoms. The molecule has 0 radical (unpaired) electrons. The van der Waals surface area contributed by atoms with E-state index in [9.17, 15) is 14.7 Å². The zero-order valence-electron chi connectivity index (χ0n) is 22.4. The molecular formula is C33H29N5O3. The molecule has 2 unspecified atom stereocenters. The molecule has 0 aliphatic carbocycles. The van der Waals surface area contributed by atoms with Crippen molar-refractivity contribution in [3.63, 3.8) is 0 Å². The van der Waals surface area contributed by atoms with Crippen molar-refractivity contribution in [2.24, 2.45) is 10.7 Å². The zero-order valence-corrected chi connectivity index (χ0v) is 22.4. The van der Waals surface area contributed by atoms with Crippen LogP contribution in [0.15, 0.2) is 108 Å². The topological polar surface area (TPSA) is 124 Å². The fourth-order valence-corrected chi connectivity index (χ4v) is 5.63. The number of nitrogens with two attached hydrogens (primary N) is 1. The van der Waals surface area contributed by atoms with Gasteiger partial charge in [0, 0.05) is 46.4 Å². The SMILES string of the molecule is CC(=O)NC1N=C(c2ccccc2)c2c(CC(N)=O)cccc2N(c2ccc3[nH]ccc3c2)C1c1ccccc1O. The van der Waals surface area contributed by atoms with Crippen molar-refractivity contribution in [2.45, 2.75) is 25.6 Å². The van der Waals surface area contributed by atoms with Crippen LogP contribution in [0.25, 0.3) is 10.9 Å². The number of nitrogens with zero attached hydrogens (tertiary/aromatic N) is 2. The number of aliphatic imine (C=N–C) groups is 1. The second kappa shape index (κ2) is 10.7. The van der Waals surface area contributed by atoms with Gasteiger partial charge in [0.05, 0.1) is 17.8 Å². The number of para-hydroxylation sites is 1. The highest BCUT2D eigenvalue weighted by atomic mass is 16.3. The lowest BCUT2D eigenvalue weighted by Gasteiger charge is -2.37. The molecule has 0 bridgehead atoms. The van der Waals surface area contributed by atoms with Crippen molar-refractivity contribution < 1.29 is 14.7 Å². The molecule has 1 aliphatic heterocycles. The van der Waals surface area contributed by atoms with E-state index in [1.165, 1.54) is 6.92 Å². The molecule has 1 aliphatic rings. The van der Waals surface area contributed by atoms with Crippen molar-refractivity contribution >= 4 is 39.8 Å². The molecule has 4 aromatic carbocycles. The minimum absolute atomic E-state index is 0.00572. The summed E-state index contributed by atoms with van der Waals surface area (Å²) in [6.07, 6.45) is 1.07. The van der Waals surface area contributed by atoms with Gasteiger partial charge in [0.15, 0.2) is 0 Å². The van der Waals surface area contributed by atoms with E-state index in [-0.39, 0.29) is 18.1 Å². The highest BCUT2D eigenvalue weighted by Crippen LogP contribution is 2.45. The van der Waals surface area contributed by atoms with Crippen LogP contribution in [0.5, 0.6) is 5.75 Å². The number of nitrogens with one attached hydrogen (secondary N) is 2. The Morgan fingerprint density at radius 1 is 0.976 bits per heavy atom.